The molecule has 3 rings (SSSR count). The molecule has 0 bridgehead atoms. The first-order valence-corrected chi connectivity index (χ1v) is 9.18. The average molecular weight is 390 g/mol. The summed E-state index contributed by atoms with van der Waals surface area (Å²) in [7, 11) is 0. The summed E-state index contributed by atoms with van der Waals surface area (Å²) in [6, 6.07) is 13.2. The zero-order valence-electron chi connectivity index (χ0n) is 14.2. The summed E-state index contributed by atoms with van der Waals surface area (Å²) in [5.74, 6) is -0.489. The fourth-order valence-corrected chi connectivity index (χ4v) is 3.43. The lowest BCUT2D eigenvalue weighted by atomic mass is 10.1. The number of rotatable bonds is 5. The fourth-order valence-electron chi connectivity index (χ4n) is 2.41. The molecule has 0 fully saturated rings. The average Bonchev–Trinajstić information content (AvgIpc) is 2.98. The van der Waals surface area contributed by atoms with Crippen LogP contribution in [0.4, 0.5) is 15.2 Å². The van der Waals surface area contributed by atoms with E-state index in [1.165, 1.54) is 23.5 Å². The van der Waals surface area contributed by atoms with Gasteiger partial charge in [0.15, 0.2) is 5.13 Å². The van der Waals surface area contributed by atoms with Crippen LogP contribution in [0.3, 0.4) is 0 Å². The van der Waals surface area contributed by atoms with Crippen molar-refractivity contribution < 1.29 is 9.18 Å². The summed E-state index contributed by atoms with van der Waals surface area (Å²) < 4.78 is 13.0. The molecule has 1 amide bonds. The molecule has 7 heteroatoms. The number of aryl methyl sites for hydroxylation is 1. The molecule has 1 heterocycles. The van der Waals surface area contributed by atoms with E-state index in [1.54, 1.807) is 31.2 Å². The quantitative estimate of drug-likeness (QED) is 0.607. The largest absolute Gasteiger partial charge is 0.345 e. The molecule has 2 aromatic carbocycles. The van der Waals surface area contributed by atoms with E-state index in [1.807, 2.05) is 19.1 Å². The second-order valence-electron chi connectivity index (χ2n) is 5.81. The van der Waals surface area contributed by atoms with Crippen molar-refractivity contribution in [1.29, 1.82) is 0 Å². The molecule has 1 atom stereocenters. The number of carbonyl (C=O) groups is 1. The Balaban J connectivity index is 1.70. The van der Waals surface area contributed by atoms with E-state index in [9.17, 15) is 9.18 Å². The van der Waals surface area contributed by atoms with Crippen molar-refractivity contribution in [2.75, 3.05) is 5.32 Å². The number of hydrogen-bond acceptors (Lipinski definition) is 4. The van der Waals surface area contributed by atoms with E-state index < -0.39 is 0 Å². The number of carbonyl (C=O) groups excluding carboxylic acids is 1. The summed E-state index contributed by atoms with van der Waals surface area (Å²) in [5.41, 5.74) is 2.32. The molecule has 0 aliphatic rings. The van der Waals surface area contributed by atoms with Crippen molar-refractivity contribution in [3.8, 4) is 0 Å². The van der Waals surface area contributed by atoms with Gasteiger partial charge in [-0.05, 0) is 55.8 Å². The predicted octanol–water partition coefficient (Wildman–Crippen LogP) is 5.48. The van der Waals surface area contributed by atoms with E-state index >= 15 is 0 Å². The standard InChI is InChI=1S/C19H17ClFN3OS/c1-11(13-3-5-14(20)6-4-13)22-18(25)17-12(2)23-19(26-17)24-16-9-7-15(21)8-10-16/h3-11H,1-2H3,(H,22,25)(H,23,24)/t11-/m0/s1. The summed E-state index contributed by atoms with van der Waals surface area (Å²) in [4.78, 5) is 17.5. The van der Waals surface area contributed by atoms with Gasteiger partial charge in [0.1, 0.15) is 10.7 Å². The Hall–Kier alpha value is -2.44. The number of hydrogen-bond donors (Lipinski definition) is 2. The highest BCUT2D eigenvalue weighted by atomic mass is 35.5. The molecular formula is C19H17ClFN3OS. The van der Waals surface area contributed by atoms with Crippen LogP contribution >= 0.6 is 22.9 Å². The highest BCUT2D eigenvalue weighted by Gasteiger charge is 2.18. The maximum Gasteiger partial charge on any atom is 0.263 e. The third-order valence-corrected chi connectivity index (χ3v) is 5.14. The van der Waals surface area contributed by atoms with Crippen LogP contribution < -0.4 is 10.6 Å². The molecule has 0 radical (unpaired) electrons. The number of aromatic nitrogens is 1. The van der Waals surface area contributed by atoms with Crippen molar-refractivity contribution in [2.45, 2.75) is 19.9 Å². The Morgan fingerprint density at radius 1 is 1.15 bits per heavy atom. The third-order valence-electron chi connectivity index (χ3n) is 3.82. The SMILES string of the molecule is Cc1nc(Nc2ccc(F)cc2)sc1C(=O)N[C@@H](C)c1ccc(Cl)cc1. The first-order chi connectivity index (χ1) is 12.4. The molecule has 1 aromatic heterocycles. The monoisotopic (exact) mass is 389 g/mol. The third kappa shape index (κ3) is 4.39. The Morgan fingerprint density at radius 3 is 2.46 bits per heavy atom. The molecule has 0 saturated heterocycles. The molecule has 0 spiro atoms. The summed E-state index contributed by atoms with van der Waals surface area (Å²) in [5, 5.41) is 7.29. The zero-order valence-corrected chi connectivity index (χ0v) is 15.8. The van der Waals surface area contributed by atoms with Crippen LogP contribution in [0.5, 0.6) is 0 Å². The molecule has 0 unspecified atom stereocenters. The van der Waals surface area contributed by atoms with Gasteiger partial charge < -0.3 is 10.6 Å². The van der Waals surface area contributed by atoms with Crippen LogP contribution in [0.2, 0.25) is 5.02 Å². The van der Waals surface area contributed by atoms with Gasteiger partial charge in [0.05, 0.1) is 11.7 Å². The van der Waals surface area contributed by atoms with Gasteiger partial charge >= 0.3 is 0 Å². The summed E-state index contributed by atoms with van der Waals surface area (Å²) >= 11 is 7.15. The van der Waals surface area contributed by atoms with Crippen LogP contribution in [-0.2, 0) is 0 Å². The van der Waals surface area contributed by atoms with Crippen molar-refractivity contribution in [1.82, 2.24) is 10.3 Å². The summed E-state index contributed by atoms with van der Waals surface area (Å²) in [6.07, 6.45) is 0. The molecule has 0 aliphatic carbocycles. The number of nitrogens with one attached hydrogen (secondary N) is 2. The molecule has 4 nitrogen and oxygen atoms in total. The zero-order chi connectivity index (χ0) is 18.7. The minimum Gasteiger partial charge on any atom is -0.345 e. The maximum absolute atomic E-state index is 13.0. The van der Waals surface area contributed by atoms with Crippen molar-refractivity contribution in [3.05, 3.63) is 75.5 Å². The van der Waals surface area contributed by atoms with E-state index in [-0.39, 0.29) is 17.8 Å². The predicted molar refractivity (Wildman–Crippen MR) is 104 cm³/mol. The first kappa shape index (κ1) is 18.4. The van der Waals surface area contributed by atoms with Gasteiger partial charge in [-0.2, -0.15) is 0 Å². The van der Waals surface area contributed by atoms with Gasteiger partial charge in [-0.1, -0.05) is 35.1 Å². The Morgan fingerprint density at radius 2 is 1.81 bits per heavy atom. The second kappa shape index (κ2) is 7.85. The minimum absolute atomic E-state index is 0.158. The van der Waals surface area contributed by atoms with Gasteiger partial charge in [0.25, 0.3) is 5.91 Å². The van der Waals surface area contributed by atoms with Crippen molar-refractivity contribution >= 4 is 39.7 Å². The number of nitrogens with zero attached hydrogens (tertiary/aromatic N) is 1. The van der Waals surface area contributed by atoms with Crippen LogP contribution in [0, 0.1) is 12.7 Å². The highest BCUT2D eigenvalue weighted by molar-refractivity contribution is 7.17. The lowest BCUT2D eigenvalue weighted by molar-refractivity contribution is 0.0943. The van der Waals surface area contributed by atoms with Crippen LogP contribution in [-0.4, -0.2) is 10.9 Å². The maximum atomic E-state index is 13.0. The van der Waals surface area contributed by atoms with Gasteiger partial charge in [0.2, 0.25) is 0 Å². The molecular weight excluding hydrogens is 373 g/mol. The van der Waals surface area contributed by atoms with E-state index in [4.69, 9.17) is 11.6 Å². The highest BCUT2D eigenvalue weighted by Crippen LogP contribution is 2.26. The molecule has 26 heavy (non-hydrogen) atoms. The first-order valence-electron chi connectivity index (χ1n) is 7.98. The number of halogens is 2. The Bertz CT molecular complexity index is 910. The molecule has 2 N–H and O–H groups in total. The number of anilines is 2. The van der Waals surface area contributed by atoms with Gasteiger partial charge in [-0.25, -0.2) is 9.37 Å². The van der Waals surface area contributed by atoms with Crippen molar-refractivity contribution in [2.24, 2.45) is 0 Å². The van der Waals surface area contributed by atoms with E-state index in [2.05, 4.69) is 15.6 Å². The smallest absolute Gasteiger partial charge is 0.263 e. The van der Waals surface area contributed by atoms with Crippen LogP contribution in [0.1, 0.15) is 33.9 Å². The number of benzene rings is 2. The van der Waals surface area contributed by atoms with Gasteiger partial charge in [0, 0.05) is 10.7 Å². The number of thiazole rings is 1. The number of amides is 1. The van der Waals surface area contributed by atoms with Crippen molar-refractivity contribution in [3.63, 3.8) is 0 Å². The second-order valence-corrected chi connectivity index (χ2v) is 7.25. The van der Waals surface area contributed by atoms with Crippen LogP contribution in [0.25, 0.3) is 0 Å². The molecule has 134 valence electrons. The molecule has 3 aromatic rings. The minimum atomic E-state index is -0.304. The lowest BCUT2D eigenvalue weighted by Gasteiger charge is -2.13. The molecule has 0 saturated carbocycles. The normalized spacial score (nSPS) is 11.8. The van der Waals surface area contributed by atoms with E-state index in [0.717, 1.165) is 5.56 Å². The topological polar surface area (TPSA) is 54.0 Å². The van der Waals surface area contributed by atoms with E-state index in [0.29, 0.717) is 26.4 Å². The Labute approximate surface area is 160 Å². The molecule has 0 aliphatic heterocycles. The fraction of sp³-hybridized carbons (Fsp3) is 0.158. The lowest BCUT2D eigenvalue weighted by Crippen LogP contribution is -2.26. The Kier molecular flexibility index (Phi) is 5.54. The van der Waals surface area contributed by atoms with Crippen LogP contribution in [0.15, 0.2) is 48.5 Å². The van der Waals surface area contributed by atoms with Gasteiger partial charge in [-0.15, -0.1) is 0 Å². The van der Waals surface area contributed by atoms with Gasteiger partial charge in [-0.3, -0.25) is 4.79 Å². The summed E-state index contributed by atoms with van der Waals surface area (Å²) in [6.45, 7) is 3.70.